The number of aryl methyl sites for hydroxylation is 1. The molecule has 0 radical (unpaired) electrons. The average Bonchev–Trinajstić information content (AvgIpc) is 2.70. The van der Waals surface area contributed by atoms with Crippen LogP contribution in [0, 0.1) is 6.92 Å². The van der Waals surface area contributed by atoms with E-state index in [0.717, 1.165) is 6.54 Å². The Balaban J connectivity index is 2.07. The molecule has 1 saturated heterocycles. The monoisotopic (exact) mass is 261 g/mol. The van der Waals surface area contributed by atoms with Crippen LogP contribution in [0.2, 0.25) is 0 Å². The molecular weight excluding hydrogens is 238 g/mol. The fraction of sp³-hybridized carbons (Fsp3) is 0.533. The Morgan fingerprint density at radius 1 is 1.47 bits per heavy atom. The Kier molecular flexibility index (Phi) is 3.80. The first-order valence-corrected chi connectivity index (χ1v) is 6.72. The van der Waals surface area contributed by atoms with Crippen LogP contribution in [0.25, 0.3) is 0 Å². The maximum absolute atomic E-state index is 12.0. The van der Waals surface area contributed by atoms with Gasteiger partial charge in [0, 0.05) is 18.6 Å². The van der Waals surface area contributed by atoms with Crippen LogP contribution in [0.1, 0.15) is 31.0 Å². The Hall–Kier alpha value is -1.55. The topological polar surface area (TPSA) is 44.4 Å². The van der Waals surface area contributed by atoms with Crippen molar-refractivity contribution in [3.8, 4) is 0 Å². The van der Waals surface area contributed by atoms with Gasteiger partial charge in [-0.2, -0.15) is 0 Å². The second-order valence-electron chi connectivity index (χ2n) is 5.93. The van der Waals surface area contributed by atoms with Crippen molar-refractivity contribution < 1.29 is 4.79 Å². The number of rotatable bonds is 4. The number of hydrogen-bond acceptors (Lipinski definition) is 2. The summed E-state index contributed by atoms with van der Waals surface area (Å²) in [6.07, 6.45) is 0. The zero-order valence-electron chi connectivity index (χ0n) is 12.2. The van der Waals surface area contributed by atoms with E-state index in [1.165, 1.54) is 11.1 Å². The van der Waals surface area contributed by atoms with Gasteiger partial charge in [0.15, 0.2) is 0 Å². The van der Waals surface area contributed by atoms with Gasteiger partial charge in [-0.1, -0.05) is 29.8 Å². The molecule has 4 heteroatoms. The highest BCUT2D eigenvalue weighted by molar-refractivity contribution is 5.77. The number of nitrogens with one attached hydrogen (secondary N) is 2. The van der Waals surface area contributed by atoms with Crippen LogP contribution >= 0.6 is 0 Å². The van der Waals surface area contributed by atoms with Crippen LogP contribution in [0.3, 0.4) is 0 Å². The molecule has 1 aromatic carbocycles. The maximum Gasteiger partial charge on any atom is 0.318 e. The van der Waals surface area contributed by atoms with E-state index in [9.17, 15) is 4.79 Å². The lowest BCUT2D eigenvalue weighted by atomic mass is 10.0. The summed E-state index contributed by atoms with van der Waals surface area (Å²) in [5, 5.41) is 6.28. The van der Waals surface area contributed by atoms with Crippen molar-refractivity contribution in [3.63, 3.8) is 0 Å². The van der Waals surface area contributed by atoms with E-state index >= 15 is 0 Å². The number of urea groups is 1. The van der Waals surface area contributed by atoms with Crippen molar-refractivity contribution in [1.29, 1.82) is 0 Å². The average molecular weight is 261 g/mol. The van der Waals surface area contributed by atoms with Gasteiger partial charge in [0.2, 0.25) is 0 Å². The molecule has 0 saturated carbocycles. The molecule has 0 spiro atoms. The summed E-state index contributed by atoms with van der Waals surface area (Å²) in [5.74, 6) is 0. The highest BCUT2D eigenvalue weighted by Gasteiger charge is 2.32. The summed E-state index contributed by atoms with van der Waals surface area (Å²) in [6, 6.07) is 8.44. The molecule has 1 aliphatic rings. The molecule has 0 aliphatic carbocycles. The number of benzene rings is 1. The maximum atomic E-state index is 12.0. The molecule has 1 heterocycles. The minimum absolute atomic E-state index is 0.0230. The molecule has 1 unspecified atom stereocenters. The van der Waals surface area contributed by atoms with Crippen molar-refractivity contribution in [3.05, 3.63) is 35.4 Å². The molecule has 0 bridgehead atoms. The van der Waals surface area contributed by atoms with Gasteiger partial charge in [-0.3, -0.25) is 0 Å². The molecule has 1 atom stereocenters. The summed E-state index contributed by atoms with van der Waals surface area (Å²) in [7, 11) is 1.92. The van der Waals surface area contributed by atoms with Gasteiger partial charge >= 0.3 is 6.03 Å². The quantitative estimate of drug-likeness (QED) is 0.871. The molecule has 2 amide bonds. The minimum atomic E-state index is -0.0706. The zero-order chi connectivity index (χ0) is 14.0. The third kappa shape index (κ3) is 3.26. The number of likely N-dealkylation sites (N-methyl/N-ethyl adjacent to an activating group) is 1. The zero-order valence-corrected chi connectivity index (χ0v) is 12.2. The molecule has 2 rings (SSSR count). The van der Waals surface area contributed by atoms with E-state index in [0.29, 0.717) is 6.54 Å². The van der Waals surface area contributed by atoms with Crippen molar-refractivity contribution in [2.75, 3.05) is 20.1 Å². The summed E-state index contributed by atoms with van der Waals surface area (Å²) in [4.78, 5) is 13.9. The lowest BCUT2D eigenvalue weighted by Gasteiger charge is -2.29. The van der Waals surface area contributed by atoms with Crippen LogP contribution in [0.4, 0.5) is 4.79 Å². The first-order valence-electron chi connectivity index (χ1n) is 6.72. The Labute approximate surface area is 115 Å². The van der Waals surface area contributed by atoms with Crippen molar-refractivity contribution >= 4 is 6.03 Å². The first-order chi connectivity index (χ1) is 8.91. The molecule has 104 valence electrons. The predicted octanol–water partition coefficient (Wildman–Crippen LogP) is 2.06. The highest BCUT2D eigenvalue weighted by atomic mass is 16.2. The number of amides is 2. The molecule has 2 N–H and O–H groups in total. The predicted molar refractivity (Wildman–Crippen MR) is 77.2 cm³/mol. The number of carbonyl (C=O) groups is 1. The standard InChI is InChI=1S/C15H23N3O/c1-11-6-5-7-12(8-11)13-9-18(14(19)17-13)10-15(2,3)16-4/h5-8,13,16H,9-10H2,1-4H3,(H,17,19). The minimum Gasteiger partial charge on any atom is -0.329 e. The van der Waals surface area contributed by atoms with Crippen molar-refractivity contribution in [2.45, 2.75) is 32.4 Å². The lowest BCUT2D eigenvalue weighted by Crippen LogP contribution is -2.48. The highest BCUT2D eigenvalue weighted by Crippen LogP contribution is 2.22. The van der Waals surface area contributed by atoms with Crippen LogP contribution in [-0.2, 0) is 0 Å². The molecule has 1 fully saturated rings. The molecule has 1 aliphatic heterocycles. The summed E-state index contributed by atoms with van der Waals surface area (Å²) in [6.45, 7) is 7.70. The smallest absolute Gasteiger partial charge is 0.318 e. The second kappa shape index (κ2) is 5.21. The Morgan fingerprint density at radius 2 is 2.21 bits per heavy atom. The van der Waals surface area contributed by atoms with Gasteiger partial charge in [-0.05, 0) is 33.4 Å². The van der Waals surface area contributed by atoms with Crippen LogP contribution in [0.5, 0.6) is 0 Å². The molecule has 1 aromatic rings. The number of hydrogen-bond donors (Lipinski definition) is 2. The van der Waals surface area contributed by atoms with E-state index < -0.39 is 0 Å². The van der Waals surface area contributed by atoms with Crippen LogP contribution in [0.15, 0.2) is 24.3 Å². The van der Waals surface area contributed by atoms with Gasteiger partial charge in [-0.15, -0.1) is 0 Å². The van der Waals surface area contributed by atoms with Gasteiger partial charge < -0.3 is 15.5 Å². The fourth-order valence-corrected chi connectivity index (χ4v) is 2.36. The first kappa shape index (κ1) is 13.9. The summed E-state index contributed by atoms with van der Waals surface area (Å²) < 4.78 is 0. The normalized spacial score (nSPS) is 19.7. The third-order valence-electron chi connectivity index (χ3n) is 3.70. The van der Waals surface area contributed by atoms with Crippen LogP contribution in [-0.4, -0.2) is 36.6 Å². The van der Waals surface area contributed by atoms with E-state index in [2.05, 4.69) is 49.6 Å². The second-order valence-corrected chi connectivity index (χ2v) is 5.93. The molecule has 19 heavy (non-hydrogen) atoms. The lowest BCUT2D eigenvalue weighted by molar-refractivity contribution is 0.201. The largest absolute Gasteiger partial charge is 0.329 e. The fourth-order valence-electron chi connectivity index (χ4n) is 2.36. The Morgan fingerprint density at radius 3 is 2.84 bits per heavy atom. The summed E-state index contributed by atoms with van der Waals surface area (Å²) >= 11 is 0. The van der Waals surface area contributed by atoms with Gasteiger partial charge in [-0.25, -0.2) is 4.79 Å². The van der Waals surface area contributed by atoms with Crippen LogP contribution < -0.4 is 10.6 Å². The van der Waals surface area contributed by atoms with E-state index in [1.54, 1.807) is 0 Å². The van der Waals surface area contributed by atoms with Gasteiger partial charge in [0.05, 0.1) is 6.04 Å². The van der Waals surface area contributed by atoms with Crippen molar-refractivity contribution in [1.82, 2.24) is 15.5 Å². The van der Waals surface area contributed by atoms with Crippen molar-refractivity contribution in [2.24, 2.45) is 0 Å². The van der Waals surface area contributed by atoms with E-state index in [4.69, 9.17) is 0 Å². The van der Waals surface area contributed by atoms with E-state index in [1.807, 2.05) is 18.0 Å². The molecule has 0 aromatic heterocycles. The number of carbonyl (C=O) groups excluding carboxylic acids is 1. The number of nitrogens with zero attached hydrogens (tertiary/aromatic N) is 1. The SMILES string of the molecule is CNC(C)(C)CN1CC(c2cccc(C)c2)NC1=O. The third-order valence-corrected chi connectivity index (χ3v) is 3.70. The van der Waals surface area contributed by atoms with Gasteiger partial charge in [0.25, 0.3) is 0 Å². The molecule has 4 nitrogen and oxygen atoms in total. The summed E-state index contributed by atoms with van der Waals surface area (Å²) in [5.41, 5.74) is 2.33. The molecular formula is C15H23N3O. The van der Waals surface area contributed by atoms with E-state index in [-0.39, 0.29) is 17.6 Å². The van der Waals surface area contributed by atoms with Gasteiger partial charge in [0.1, 0.15) is 0 Å². The Bertz CT molecular complexity index is 470.